The molecule has 0 aliphatic heterocycles. The summed E-state index contributed by atoms with van der Waals surface area (Å²) < 4.78 is 44.1. The van der Waals surface area contributed by atoms with E-state index in [4.69, 9.17) is 4.74 Å². The number of benzene rings is 2. The Labute approximate surface area is 115 Å². The highest BCUT2D eigenvalue weighted by atomic mass is 19.2. The molecule has 0 amide bonds. The SMILES string of the molecule is Fc1cc(NCCCOc2ccccc2)cc(F)c1F. The molecule has 20 heavy (non-hydrogen) atoms. The number of hydrogen-bond donors (Lipinski definition) is 1. The Hall–Kier alpha value is -2.17. The Bertz CT molecular complexity index is 537. The van der Waals surface area contributed by atoms with E-state index < -0.39 is 17.5 Å². The number of para-hydroxylation sites is 1. The van der Waals surface area contributed by atoms with Crippen LogP contribution in [0.5, 0.6) is 5.75 Å². The lowest BCUT2D eigenvalue weighted by Crippen LogP contribution is -2.08. The molecule has 0 saturated heterocycles. The van der Waals surface area contributed by atoms with Gasteiger partial charge in [-0.05, 0) is 18.6 Å². The maximum absolute atomic E-state index is 13.0. The maximum atomic E-state index is 13.0. The molecule has 2 nitrogen and oxygen atoms in total. The fourth-order valence-electron chi connectivity index (χ4n) is 1.67. The summed E-state index contributed by atoms with van der Waals surface area (Å²) in [4.78, 5) is 0. The van der Waals surface area contributed by atoms with Crippen LogP contribution in [0.25, 0.3) is 0 Å². The van der Waals surface area contributed by atoms with E-state index in [1.165, 1.54) is 0 Å². The van der Waals surface area contributed by atoms with Gasteiger partial charge in [-0.15, -0.1) is 0 Å². The molecule has 0 bridgehead atoms. The van der Waals surface area contributed by atoms with E-state index in [0.29, 0.717) is 19.6 Å². The van der Waals surface area contributed by atoms with Gasteiger partial charge in [-0.25, -0.2) is 13.2 Å². The lowest BCUT2D eigenvalue weighted by molar-refractivity contribution is 0.315. The van der Waals surface area contributed by atoms with Crippen molar-refractivity contribution in [3.05, 3.63) is 59.9 Å². The Morgan fingerprint density at radius 1 is 0.950 bits per heavy atom. The minimum Gasteiger partial charge on any atom is -0.494 e. The standard InChI is InChI=1S/C15H14F3NO/c16-13-9-11(10-14(17)15(13)18)19-7-4-8-20-12-5-2-1-3-6-12/h1-3,5-6,9-10,19H,4,7-8H2. The lowest BCUT2D eigenvalue weighted by Gasteiger charge is -2.08. The largest absolute Gasteiger partial charge is 0.494 e. The minimum absolute atomic E-state index is 0.209. The highest BCUT2D eigenvalue weighted by Gasteiger charge is 2.09. The van der Waals surface area contributed by atoms with Crippen LogP contribution in [0.4, 0.5) is 18.9 Å². The number of anilines is 1. The molecule has 0 aliphatic carbocycles. The predicted molar refractivity (Wildman–Crippen MR) is 71.4 cm³/mol. The van der Waals surface area contributed by atoms with Gasteiger partial charge < -0.3 is 10.1 Å². The van der Waals surface area contributed by atoms with E-state index >= 15 is 0 Å². The van der Waals surface area contributed by atoms with Gasteiger partial charge in [0.1, 0.15) is 5.75 Å². The van der Waals surface area contributed by atoms with Crippen LogP contribution in [-0.2, 0) is 0 Å². The van der Waals surface area contributed by atoms with Crippen molar-refractivity contribution in [1.82, 2.24) is 0 Å². The molecule has 2 aromatic rings. The van der Waals surface area contributed by atoms with Crippen LogP contribution in [0.15, 0.2) is 42.5 Å². The number of halogens is 3. The molecule has 0 fully saturated rings. The van der Waals surface area contributed by atoms with Crippen molar-refractivity contribution in [2.24, 2.45) is 0 Å². The van der Waals surface area contributed by atoms with E-state index in [2.05, 4.69) is 5.32 Å². The second kappa shape index (κ2) is 6.84. The Balaban J connectivity index is 1.74. The highest BCUT2D eigenvalue weighted by Crippen LogP contribution is 2.17. The van der Waals surface area contributed by atoms with E-state index in [1.807, 2.05) is 30.3 Å². The van der Waals surface area contributed by atoms with E-state index in [1.54, 1.807) is 0 Å². The zero-order chi connectivity index (χ0) is 14.4. The maximum Gasteiger partial charge on any atom is 0.194 e. The molecule has 2 rings (SSSR count). The molecule has 0 heterocycles. The second-order valence-corrected chi connectivity index (χ2v) is 4.20. The summed E-state index contributed by atoms with van der Waals surface area (Å²) in [5.74, 6) is -3.09. The number of rotatable bonds is 6. The summed E-state index contributed by atoms with van der Waals surface area (Å²) in [6.07, 6.45) is 0.648. The van der Waals surface area contributed by atoms with Crippen molar-refractivity contribution in [2.45, 2.75) is 6.42 Å². The molecule has 106 valence electrons. The van der Waals surface area contributed by atoms with Crippen LogP contribution < -0.4 is 10.1 Å². The molecule has 2 aromatic carbocycles. The summed E-state index contributed by atoms with van der Waals surface area (Å²) in [6.45, 7) is 0.945. The van der Waals surface area contributed by atoms with Gasteiger partial charge in [0.2, 0.25) is 0 Å². The fourth-order valence-corrected chi connectivity index (χ4v) is 1.67. The third-order valence-corrected chi connectivity index (χ3v) is 2.65. The Morgan fingerprint density at radius 2 is 1.60 bits per heavy atom. The molecule has 0 aliphatic rings. The molecule has 0 aromatic heterocycles. The third-order valence-electron chi connectivity index (χ3n) is 2.65. The monoisotopic (exact) mass is 281 g/mol. The van der Waals surface area contributed by atoms with Gasteiger partial charge >= 0.3 is 0 Å². The zero-order valence-electron chi connectivity index (χ0n) is 10.7. The third kappa shape index (κ3) is 3.91. The van der Waals surface area contributed by atoms with Crippen LogP contribution >= 0.6 is 0 Å². The zero-order valence-corrected chi connectivity index (χ0v) is 10.7. The van der Waals surface area contributed by atoms with Crippen molar-refractivity contribution in [3.63, 3.8) is 0 Å². The fraction of sp³-hybridized carbons (Fsp3) is 0.200. The van der Waals surface area contributed by atoms with Crippen molar-refractivity contribution < 1.29 is 17.9 Å². The molecule has 0 atom stereocenters. The quantitative estimate of drug-likeness (QED) is 0.638. The van der Waals surface area contributed by atoms with Crippen molar-refractivity contribution in [3.8, 4) is 5.75 Å². The van der Waals surface area contributed by atoms with Crippen LogP contribution in [0.3, 0.4) is 0 Å². The summed E-state index contributed by atoms with van der Waals surface area (Å²) in [5, 5.41) is 2.81. The average Bonchev–Trinajstić information content (AvgIpc) is 2.45. The van der Waals surface area contributed by atoms with E-state index in [9.17, 15) is 13.2 Å². The smallest absolute Gasteiger partial charge is 0.194 e. The summed E-state index contributed by atoms with van der Waals surface area (Å²) in [7, 11) is 0. The lowest BCUT2D eigenvalue weighted by atomic mass is 10.2. The van der Waals surface area contributed by atoms with Crippen molar-refractivity contribution in [2.75, 3.05) is 18.5 Å². The average molecular weight is 281 g/mol. The molecular weight excluding hydrogens is 267 g/mol. The molecule has 0 saturated carbocycles. The van der Waals surface area contributed by atoms with Crippen LogP contribution in [0.1, 0.15) is 6.42 Å². The van der Waals surface area contributed by atoms with E-state index in [0.717, 1.165) is 17.9 Å². The molecule has 1 N–H and O–H groups in total. The van der Waals surface area contributed by atoms with Crippen molar-refractivity contribution >= 4 is 5.69 Å². The van der Waals surface area contributed by atoms with Gasteiger partial charge in [-0.2, -0.15) is 0 Å². The van der Waals surface area contributed by atoms with Crippen LogP contribution in [-0.4, -0.2) is 13.2 Å². The first-order valence-corrected chi connectivity index (χ1v) is 6.23. The first-order valence-electron chi connectivity index (χ1n) is 6.23. The Morgan fingerprint density at radius 3 is 2.25 bits per heavy atom. The highest BCUT2D eigenvalue weighted by molar-refractivity contribution is 5.44. The van der Waals surface area contributed by atoms with E-state index in [-0.39, 0.29) is 5.69 Å². The Kier molecular flexibility index (Phi) is 4.87. The molecular formula is C15H14F3NO. The number of ether oxygens (including phenoxy) is 1. The normalized spacial score (nSPS) is 10.3. The molecule has 5 heteroatoms. The molecule has 0 radical (unpaired) electrons. The predicted octanol–water partition coefficient (Wildman–Crippen LogP) is 3.98. The van der Waals surface area contributed by atoms with Crippen molar-refractivity contribution in [1.29, 1.82) is 0 Å². The van der Waals surface area contributed by atoms with Gasteiger partial charge in [0.15, 0.2) is 17.5 Å². The first-order chi connectivity index (χ1) is 9.66. The first kappa shape index (κ1) is 14.2. The van der Waals surface area contributed by atoms with Gasteiger partial charge in [0.25, 0.3) is 0 Å². The summed E-state index contributed by atoms with van der Waals surface area (Å²) in [5.41, 5.74) is 0.209. The molecule has 0 unspecified atom stereocenters. The summed E-state index contributed by atoms with van der Waals surface area (Å²) in [6, 6.07) is 11.2. The summed E-state index contributed by atoms with van der Waals surface area (Å²) >= 11 is 0. The van der Waals surface area contributed by atoms with Gasteiger partial charge in [-0.1, -0.05) is 18.2 Å². The molecule has 0 spiro atoms. The number of hydrogen-bond acceptors (Lipinski definition) is 2. The van der Waals surface area contributed by atoms with Gasteiger partial charge in [-0.3, -0.25) is 0 Å². The van der Waals surface area contributed by atoms with Crippen LogP contribution in [0.2, 0.25) is 0 Å². The van der Waals surface area contributed by atoms with Gasteiger partial charge in [0.05, 0.1) is 6.61 Å². The number of nitrogens with one attached hydrogen (secondary N) is 1. The topological polar surface area (TPSA) is 21.3 Å². The second-order valence-electron chi connectivity index (χ2n) is 4.20. The van der Waals surface area contributed by atoms with Gasteiger partial charge in [0, 0.05) is 24.4 Å². The minimum atomic E-state index is -1.46. The van der Waals surface area contributed by atoms with Crippen LogP contribution in [0, 0.1) is 17.5 Å².